The van der Waals surface area contributed by atoms with E-state index in [1.165, 1.54) is 12.0 Å². The van der Waals surface area contributed by atoms with Crippen molar-refractivity contribution in [3.8, 4) is 5.75 Å². The minimum Gasteiger partial charge on any atom is -0.497 e. The van der Waals surface area contributed by atoms with Crippen molar-refractivity contribution in [2.75, 3.05) is 18.4 Å². The number of carbonyl (C=O) groups excluding carboxylic acids is 2. The topological polar surface area (TPSA) is 95.9 Å². The van der Waals surface area contributed by atoms with Gasteiger partial charge in [-0.3, -0.25) is 23.8 Å². The maximum atomic E-state index is 13.0. The molecule has 2 N–H and O–H groups in total. The molecule has 1 heterocycles. The van der Waals surface area contributed by atoms with Crippen LogP contribution < -0.4 is 9.46 Å². The standard InChI is InChI=1S/C20H22N2O5S/c1-20(2)17-9-8-15(27-3)12-16(17)18(23)22(19(20)24)11-10-13-4-6-14(7-5-13)21-28(25)26/h4-9,12,21H,10-11H2,1-3H3,(H,25,26). The van der Waals surface area contributed by atoms with Crippen LogP contribution in [-0.2, 0) is 27.9 Å². The third-order valence-corrected chi connectivity index (χ3v) is 5.35. The largest absolute Gasteiger partial charge is 0.497 e. The van der Waals surface area contributed by atoms with E-state index in [1.807, 2.05) is 13.8 Å². The lowest BCUT2D eigenvalue weighted by atomic mass is 9.77. The second-order valence-corrected chi connectivity index (χ2v) is 7.80. The number of methoxy groups -OCH3 is 1. The highest BCUT2D eigenvalue weighted by Gasteiger charge is 2.44. The number of nitrogens with zero attached hydrogens (tertiary/aromatic N) is 1. The summed E-state index contributed by atoms with van der Waals surface area (Å²) in [5, 5.41) is 0. The van der Waals surface area contributed by atoms with Crippen LogP contribution in [0.25, 0.3) is 0 Å². The number of nitrogens with one attached hydrogen (secondary N) is 1. The van der Waals surface area contributed by atoms with Crippen LogP contribution >= 0.6 is 0 Å². The van der Waals surface area contributed by atoms with Crippen LogP contribution in [-0.4, -0.2) is 39.1 Å². The van der Waals surface area contributed by atoms with E-state index in [1.54, 1.807) is 42.5 Å². The molecule has 0 radical (unpaired) electrons. The molecule has 0 aromatic heterocycles. The van der Waals surface area contributed by atoms with E-state index in [9.17, 15) is 13.8 Å². The van der Waals surface area contributed by atoms with Crippen LogP contribution in [0.5, 0.6) is 5.75 Å². The fraction of sp³-hybridized carbons (Fsp3) is 0.300. The molecule has 1 atom stereocenters. The Bertz CT molecular complexity index is 940. The summed E-state index contributed by atoms with van der Waals surface area (Å²) in [4.78, 5) is 27.2. The van der Waals surface area contributed by atoms with E-state index in [-0.39, 0.29) is 18.4 Å². The third kappa shape index (κ3) is 3.79. The average molecular weight is 402 g/mol. The molecule has 7 nitrogen and oxygen atoms in total. The molecular formula is C20H22N2O5S. The zero-order valence-corrected chi connectivity index (χ0v) is 16.7. The van der Waals surface area contributed by atoms with Gasteiger partial charge >= 0.3 is 0 Å². The molecule has 28 heavy (non-hydrogen) atoms. The highest BCUT2D eigenvalue weighted by molar-refractivity contribution is 7.80. The molecule has 1 aliphatic rings. The van der Waals surface area contributed by atoms with Crippen LogP contribution in [0.15, 0.2) is 42.5 Å². The molecule has 2 amide bonds. The lowest BCUT2D eigenvalue weighted by molar-refractivity contribution is -0.134. The minimum absolute atomic E-state index is 0.232. The zero-order chi connectivity index (χ0) is 20.5. The van der Waals surface area contributed by atoms with Gasteiger partial charge in [0.15, 0.2) is 0 Å². The number of carbonyl (C=O) groups is 2. The minimum atomic E-state index is -2.13. The summed E-state index contributed by atoms with van der Waals surface area (Å²) in [6.45, 7) is 3.88. The van der Waals surface area contributed by atoms with Gasteiger partial charge in [-0.2, -0.15) is 0 Å². The number of ether oxygens (including phenoxy) is 1. The maximum Gasteiger partial charge on any atom is 0.260 e. The fourth-order valence-electron chi connectivity index (χ4n) is 3.35. The number of hydrogen-bond donors (Lipinski definition) is 2. The van der Waals surface area contributed by atoms with Crippen molar-refractivity contribution in [3.63, 3.8) is 0 Å². The van der Waals surface area contributed by atoms with Crippen molar-refractivity contribution in [3.05, 3.63) is 59.2 Å². The lowest BCUT2D eigenvalue weighted by Crippen LogP contribution is -2.52. The van der Waals surface area contributed by atoms with Gasteiger partial charge in [0.25, 0.3) is 17.2 Å². The quantitative estimate of drug-likeness (QED) is 0.572. The number of fused-ring (bicyclic) bond motifs is 1. The number of anilines is 1. The van der Waals surface area contributed by atoms with Gasteiger partial charge in [-0.05, 0) is 55.7 Å². The Labute approximate surface area is 166 Å². The first-order valence-electron chi connectivity index (χ1n) is 8.75. The molecule has 8 heteroatoms. The van der Waals surface area contributed by atoms with E-state index in [2.05, 4.69) is 4.72 Å². The fourth-order valence-corrected chi connectivity index (χ4v) is 3.68. The van der Waals surface area contributed by atoms with Crippen LogP contribution in [0.3, 0.4) is 0 Å². The van der Waals surface area contributed by atoms with E-state index >= 15 is 0 Å². The first kappa shape index (κ1) is 20.0. The molecular weight excluding hydrogens is 380 g/mol. The zero-order valence-electron chi connectivity index (χ0n) is 15.9. The van der Waals surface area contributed by atoms with E-state index in [0.29, 0.717) is 29.0 Å². The molecule has 1 aliphatic heterocycles. The predicted octanol–water partition coefficient (Wildman–Crippen LogP) is 2.75. The Balaban J connectivity index is 1.81. The monoisotopic (exact) mass is 402 g/mol. The molecule has 0 fully saturated rings. The van der Waals surface area contributed by atoms with Gasteiger partial charge in [-0.15, -0.1) is 0 Å². The van der Waals surface area contributed by atoms with Crippen molar-refractivity contribution in [2.24, 2.45) is 0 Å². The maximum absolute atomic E-state index is 13.0. The summed E-state index contributed by atoms with van der Waals surface area (Å²) in [5.41, 5.74) is 1.79. The van der Waals surface area contributed by atoms with Gasteiger partial charge in [0.1, 0.15) is 5.75 Å². The van der Waals surface area contributed by atoms with E-state index < -0.39 is 16.7 Å². The second-order valence-electron chi connectivity index (χ2n) is 7.10. The van der Waals surface area contributed by atoms with Crippen molar-refractivity contribution in [2.45, 2.75) is 25.7 Å². The molecule has 2 aromatic rings. The van der Waals surface area contributed by atoms with Gasteiger partial charge in [-0.1, -0.05) is 18.2 Å². The second kappa shape index (κ2) is 7.73. The molecule has 0 spiro atoms. The number of benzene rings is 2. The van der Waals surface area contributed by atoms with Gasteiger partial charge in [0.2, 0.25) is 5.91 Å². The van der Waals surface area contributed by atoms with Crippen molar-refractivity contribution < 1.29 is 23.1 Å². The summed E-state index contributed by atoms with van der Waals surface area (Å²) in [7, 11) is 1.54. The Morgan fingerprint density at radius 1 is 1.14 bits per heavy atom. The number of hydrogen-bond acceptors (Lipinski definition) is 4. The summed E-state index contributed by atoms with van der Waals surface area (Å²) >= 11 is -2.13. The summed E-state index contributed by atoms with van der Waals surface area (Å²) in [6, 6.07) is 12.1. The molecule has 0 aliphatic carbocycles. The summed E-state index contributed by atoms with van der Waals surface area (Å²) < 4.78 is 27.2. The highest BCUT2D eigenvalue weighted by Crippen LogP contribution is 2.36. The van der Waals surface area contributed by atoms with Crippen molar-refractivity contribution in [1.82, 2.24) is 4.90 Å². The van der Waals surface area contributed by atoms with Gasteiger partial charge < -0.3 is 4.74 Å². The Morgan fingerprint density at radius 3 is 2.43 bits per heavy atom. The Hall–Kier alpha value is -2.71. The third-order valence-electron chi connectivity index (χ3n) is 4.94. The molecule has 0 saturated heterocycles. The molecule has 2 aromatic carbocycles. The Kier molecular flexibility index (Phi) is 5.53. The smallest absolute Gasteiger partial charge is 0.260 e. The molecule has 3 rings (SSSR count). The molecule has 0 bridgehead atoms. The predicted molar refractivity (Wildman–Crippen MR) is 107 cm³/mol. The van der Waals surface area contributed by atoms with Gasteiger partial charge in [-0.25, -0.2) is 4.21 Å². The van der Waals surface area contributed by atoms with Crippen LogP contribution in [0.1, 0.15) is 35.3 Å². The summed E-state index contributed by atoms with van der Waals surface area (Å²) in [6.07, 6.45) is 0.482. The first-order chi connectivity index (χ1) is 13.2. The van der Waals surface area contributed by atoms with E-state index in [0.717, 1.165) is 5.56 Å². The summed E-state index contributed by atoms with van der Waals surface area (Å²) in [5.74, 6) is 0.0119. The number of imide groups is 1. The lowest BCUT2D eigenvalue weighted by Gasteiger charge is -2.37. The molecule has 1 unspecified atom stereocenters. The van der Waals surface area contributed by atoms with Crippen molar-refractivity contribution >= 4 is 28.8 Å². The van der Waals surface area contributed by atoms with Crippen molar-refractivity contribution in [1.29, 1.82) is 0 Å². The Morgan fingerprint density at radius 2 is 1.82 bits per heavy atom. The SMILES string of the molecule is COc1ccc2c(c1)C(=O)N(CCc1ccc(NS(=O)O)cc1)C(=O)C2(C)C. The normalized spacial score (nSPS) is 16.5. The van der Waals surface area contributed by atoms with E-state index in [4.69, 9.17) is 9.29 Å². The average Bonchev–Trinajstić information content (AvgIpc) is 2.67. The van der Waals surface area contributed by atoms with Gasteiger partial charge in [0.05, 0.1) is 12.5 Å². The highest BCUT2D eigenvalue weighted by atomic mass is 32.2. The van der Waals surface area contributed by atoms with Gasteiger partial charge in [0, 0.05) is 17.8 Å². The van der Waals surface area contributed by atoms with Crippen LogP contribution in [0, 0.1) is 0 Å². The molecule has 0 saturated carbocycles. The number of rotatable bonds is 6. The number of amides is 2. The first-order valence-corrected chi connectivity index (χ1v) is 9.86. The molecule has 148 valence electrons. The van der Waals surface area contributed by atoms with Crippen LogP contribution in [0.4, 0.5) is 5.69 Å². The van der Waals surface area contributed by atoms with Crippen LogP contribution in [0.2, 0.25) is 0 Å².